The van der Waals surface area contributed by atoms with Crippen molar-refractivity contribution in [1.29, 1.82) is 0 Å². The average molecular weight is 202 g/mol. The molecular formula is C10H22N2S. The van der Waals surface area contributed by atoms with Gasteiger partial charge in [-0.15, -0.1) is 0 Å². The Morgan fingerprint density at radius 2 is 2.31 bits per heavy atom. The van der Waals surface area contributed by atoms with E-state index in [1.807, 2.05) is 0 Å². The van der Waals surface area contributed by atoms with Crippen LogP contribution in [0.2, 0.25) is 0 Å². The van der Waals surface area contributed by atoms with Crippen LogP contribution >= 0.6 is 11.8 Å². The van der Waals surface area contributed by atoms with E-state index in [1.54, 1.807) is 0 Å². The second kappa shape index (κ2) is 5.89. The second-order valence-corrected chi connectivity index (χ2v) is 5.14. The van der Waals surface area contributed by atoms with E-state index in [2.05, 4.69) is 30.5 Å². The first-order valence-corrected chi connectivity index (χ1v) is 6.44. The lowest BCUT2D eigenvalue weighted by molar-refractivity contribution is 0.162. The third kappa shape index (κ3) is 3.49. The number of nitrogens with zero attached hydrogens (tertiary/aromatic N) is 1. The second-order valence-electron chi connectivity index (χ2n) is 3.99. The molecule has 0 spiro atoms. The van der Waals surface area contributed by atoms with Crippen LogP contribution in [0.1, 0.15) is 26.7 Å². The molecule has 1 saturated heterocycles. The Bertz CT molecular complexity index is 133. The topological polar surface area (TPSA) is 29.3 Å². The number of thioether (sulfide) groups is 1. The highest BCUT2D eigenvalue weighted by Crippen LogP contribution is 2.22. The highest BCUT2D eigenvalue weighted by Gasteiger charge is 2.22. The van der Waals surface area contributed by atoms with E-state index in [9.17, 15) is 0 Å². The van der Waals surface area contributed by atoms with Gasteiger partial charge >= 0.3 is 0 Å². The standard InChI is InChI=1S/C10H22N2S/c1-9(2)12(6-5-11)10-4-3-7-13-8-10/h9-10H,3-8,11H2,1-2H3. The van der Waals surface area contributed by atoms with Gasteiger partial charge in [-0.05, 0) is 32.4 Å². The molecule has 1 aliphatic heterocycles. The maximum Gasteiger partial charge on any atom is 0.0189 e. The molecular weight excluding hydrogens is 180 g/mol. The molecule has 3 heteroatoms. The van der Waals surface area contributed by atoms with E-state index in [4.69, 9.17) is 5.73 Å². The van der Waals surface area contributed by atoms with Crippen molar-refractivity contribution in [3.8, 4) is 0 Å². The van der Waals surface area contributed by atoms with Crippen LogP contribution < -0.4 is 5.73 Å². The summed E-state index contributed by atoms with van der Waals surface area (Å²) < 4.78 is 0. The summed E-state index contributed by atoms with van der Waals surface area (Å²) in [5.41, 5.74) is 5.63. The Morgan fingerprint density at radius 1 is 1.54 bits per heavy atom. The maximum atomic E-state index is 5.63. The smallest absolute Gasteiger partial charge is 0.0189 e. The van der Waals surface area contributed by atoms with Crippen molar-refractivity contribution >= 4 is 11.8 Å². The lowest BCUT2D eigenvalue weighted by atomic mass is 10.1. The Morgan fingerprint density at radius 3 is 2.77 bits per heavy atom. The Labute approximate surface area is 86.2 Å². The number of nitrogens with two attached hydrogens (primary N) is 1. The summed E-state index contributed by atoms with van der Waals surface area (Å²) in [7, 11) is 0. The minimum Gasteiger partial charge on any atom is -0.329 e. The number of rotatable bonds is 4. The molecule has 0 amide bonds. The Kier molecular flexibility index (Phi) is 5.14. The maximum absolute atomic E-state index is 5.63. The van der Waals surface area contributed by atoms with Crippen LogP contribution in [0.15, 0.2) is 0 Å². The van der Waals surface area contributed by atoms with Crippen molar-refractivity contribution in [3.05, 3.63) is 0 Å². The predicted molar refractivity (Wildman–Crippen MR) is 61.2 cm³/mol. The molecule has 0 aromatic rings. The zero-order valence-corrected chi connectivity index (χ0v) is 9.65. The van der Waals surface area contributed by atoms with Gasteiger partial charge in [-0.2, -0.15) is 11.8 Å². The molecule has 0 saturated carbocycles. The van der Waals surface area contributed by atoms with Crippen molar-refractivity contribution in [3.63, 3.8) is 0 Å². The zero-order valence-electron chi connectivity index (χ0n) is 8.83. The molecule has 0 aromatic carbocycles. The van der Waals surface area contributed by atoms with Gasteiger partial charge in [-0.3, -0.25) is 4.90 Å². The van der Waals surface area contributed by atoms with Gasteiger partial charge in [0, 0.05) is 30.9 Å². The summed E-state index contributed by atoms with van der Waals surface area (Å²) in [6, 6.07) is 1.43. The highest BCUT2D eigenvalue weighted by molar-refractivity contribution is 7.99. The molecule has 1 fully saturated rings. The molecule has 1 heterocycles. The summed E-state index contributed by atoms with van der Waals surface area (Å²) in [5, 5.41) is 0. The fourth-order valence-electron chi connectivity index (χ4n) is 2.00. The first-order chi connectivity index (χ1) is 6.25. The van der Waals surface area contributed by atoms with Crippen molar-refractivity contribution in [2.45, 2.75) is 38.8 Å². The van der Waals surface area contributed by atoms with Gasteiger partial charge in [0.15, 0.2) is 0 Å². The normalized spacial score (nSPS) is 24.2. The van der Waals surface area contributed by atoms with Crippen LogP contribution in [-0.2, 0) is 0 Å². The lowest BCUT2D eigenvalue weighted by Gasteiger charge is -2.36. The molecule has 1 aliphatic rings. The van der Waals surface area contributed by atoms with E-state index in [0.29, 0.717) is 6.04 Å². The SMILES string of the molecule is CC(C)N(CCN)C1CCCSC1. The molecule has 1 atom stereocenters. The van der Waals surface area contributed by atoms with Gasteiger partial charge in [0.25, 0.3) is 0 Å². The van der Waals surface area contributed by atoms with E-state index < -0.39 is 0 Å². The van der Waals surface area contributed by atoms with Crippen molar-refractivity contribution < 1.29 is 0 Å². The minimum absolute atomic E-state index is 0.646. The Balaban J connectivity index is 2.41. The summed E-state index contributed by atoms with van der Waals surface area (Å²) in [6.45, 7) is 6.39. The van der Waals surface area contributed by atoms with Crippen LogP contribution in [0.4, 0.5) is 0 Å². The van der Waals surface area contributed by atoms with Gasteiger partial charge in [-0.25, -0.2) is 0 Å². The molecule has 13 heavy (non-hydrogen) atoms. The van der Waals surface area contributed by atoms with Gasteiger partial charge in [0.05, 0.1) is 0 Å². The quantitative estimate of drug-likeness (QED) is 0.750. The van der Waals surface area contributed by atoms with Crippen molar-refractivity contribution in [1.82, 2.24) is 4.90 Å². The van der Waals surface area contributed by atoms with Gasteiger partial charge in [0.2, 0.25) is 0 Å². The highest BCUT2D eigenvalue weighted by atomic mass is 32.2. The van der Waals surface area contributed by atoms with Gasteiger partial charge in [0.1, 0.15) is 0 Å². The molecule has 78 valence electrons. The number of hydrogen-bond acceptors (Lipinski definition) is 3. The third-order valence-corrected chi connectivity index (χ3v) is 3.85. The van der Waals surface area contributed by atoms with E-state index in [0.717, 1.165) is 19.1 Å². The fraction of sp³-hybridized carbons (Fsp3) is 1.00. The van der Waals surface area contributed by atoms with Crippen LogP contribution in [-0.4, -0.2) is 41.6 Å². The molecule has 0 aliphatic carbocycles. The first-order valence-electron chi connectivity index (χ1n) is 5.29. The fourth-order valence-corrected chi connectivity index (χ4v) is 3.16. The minimum atomic E-state index is 0.646. The Hall–Kier alpha value is 0.270. The summed E-state index contributed by atoms with van der Waals surface area (Å²) >= 11 is 2.09. The van der Waals surface area contributed by atoms with Crippen LogP contribution in [0, 0.1) is 0 Å². The molecule has 0 radical (unpaired) electrons. The van der Waals surface area contributed by atoms with E-state index in [1.165, 1.54) is 24.3 Å². The summed E-state index contributed by atoms with van der Waals surface area (Å²) in [4.78, 5) is 2.56. The van der Waals surface area contributed by atoms with Crippen molar-refractivity contribution in [2.24, 2.45) is 5.73 Å². The average Bonchev–Trinajstić information content (AvgIpc) is 2.15. The molecule has 0 bridgehead atoms. The summed E-state index contributed by atoms with van der Waals surface area (Å²) in [6.07, 6.45) is 2.74. The van der Waals surface area contributed by atoms with Crippen LogP contribution in [0.5, 0.6) is 0 Å². The predicted octanol–water partition coefficient (Wildman–Crippen LogP) is 1.55. The third-order valence-electron chi connectivity index (χ3n) is 2.66. The van der Waals surface area contributed by atoms with Crippen LogP contribution in [0.25, 0.3) is 0 Å². The molecule has 2 N–H and O–H groups in total. The van der Waals surface area contributed by atoms with Gasteiger partial charge in [-0.1, -0.05) is 0 Å². The monoisotopic (exact) mass is 202 g/mol. The van der Waals surface area contributed by atoms with Gasteiger partial charge < -0.3 is 5.73 Å². The molecule has 0 aromatic heterocycles. The largest absolute Gasteiger partial charge is 0.329 e. The lowest BCUT2D eigenvalue weighted by Crippen LogP contribution is -2.45. The van der Waals surface area contributed by atoms with Crippen molar-refractivity contribution in [2.75, 3.05) is 24.6 Å². The zero-order chi connectivity index (χ0) is 9.68. The molecule has 1 unspecified atom stereocenters. The van der Waals surface area contributed by atoms with E-state index in [-0.39, 0.29) is 0 Å². The molecule has 2 nitrogen and oxygen atoms in total. The van der Waals surface area contributed by atoms with Crippen LogP contribution in [0.3, 0.4) is 0 Å². The summed E-state index contributed by atoms with van der Waals surface area (Å²) in [5.74, 6) is 2.66. The first kappa shape index (κ1) is 11.3. The number of hydrogen-bond donors (Lipinski definition) is 1. The molecule has 1 rings (SSSR count). The van der Waals surface area contributed by atoms with E-state index >= 15 is 0 Å².